The maximum atomic E-state index is 14.6. The minimum Gasteiger partial charge on any atom is -0.383 e. The average molecular weight is 523 g/mol. The summed E-state index contributed by atoms with van der Waals surface area (Å²) in [7, 11) is 0. The van der Waals surface area contributed by atoms with Gasteiger partial charge < -0.3 is 16.0 Å². The standard InChI is InChI=1S/C28H29F3N6O/c1-2-28(30,31)20-14-18(16-33-24(20)32)22-15-23-26(11-13-37(23)35-22)10-12-36(17-26)25(38)34-27(8-5-9-27)19-6-3-4-7-21(19)29/h2-4,6-7,14-16H,1,5,8-13,17H2,(H2,32,33)(H,34,38). The molecule has 2 aliphatic heterocycles. The summed E-state index contributed by atoms with van der Waals surface area (Å²) in [6, 6.07) is 9.66. The van der Waals surface area contributed by atoms with Gasteiger partial charge in [0.05, 0.1) is 16.8 Å². The van der Waals surface area contributed by atoms with Crippen LogP contribution in [0, 0.1) is 5.82 Å². The molecule has 3 N–H and O–H groups in total. The van der Waals surface area contributed by atoms with Crippen LogP contribution in [0.2, 0.25) is 0 Å². The minimum absolute atomic E-state index is 0.193. The highest BCUT2D eigenvalue weighted by Crippen LogP contribution is 2.46. The molecule has 10 heteroatoms. The van der Waals surface area contributed by atoms with Gasteiger partial charge in [0.25, 0.3) is 5.92 Å². The Balaban J connectivity index is 1.23. The number of nitrogens with one attached hydrogen (secondary N) is 1. The fourth-order valence-corrected chi connectivity index (χ4v) is 6.18. The fraction of sp³-hybridized carbons (Fsp3) is 0.393. The first-order chi connectivity index (χ1) is 18.2. The SMILES string of the molecule is C=CC(F)(F)c1cc(-c2cc3n(n2)CCC32CCN(C(=O)NC3(c4ccccc4F)CCC3)C2)cnc1N. The molecule has 1 aliphatic carbocycles. The number of aryl methyl sites for hydroxylation is 1. The van der Waals surface area contributed by atoms with Gasteiger partial charge in [-0.05, 0) is 56.4 Å². The second-order valence-electron chi connectivity index (χ2n) is 10.7. The van der Waals surface area contributed by atoms with Crippen molar-refractivity contribution in [1.29, 1.82) is 0 Å². The number of hydrogen-bond donors (Lipinski definition) is 2. The zero-order chi connectivity index (χ0) is 26.7. The number of halogens is 3. The molecule has 4 heterocycles. The van der Waals surface area contributed by atoms with Gasteiger partial charge in [-0.15, -0.1) is 0 Å². The number of hydrogen-bond acceptors (Lipinski definition) is 4. The van der Waals surface area contributed by atoms with Gasteiger partial charge in [0.2, 0.25) is 0 Å². The molecule has 1 unspecified atom stereocenters. The quantitative estimate of drug-likeness (QED) is 0.458. The molecule has 2 aromatic heterocycles. The lowest BCUT2D eigenvalue weighted by Gasteiger charge is -2.44. The number of fused-ring (bicyclic) bond motifs is 2. The van der Waals surface area contributed by atoms with Crippen LogP contribution >= 0.6 is 0 Å². The van der Waals surface area contributed by atoms with E-state index in [9.17, 15) is 18.0 Å². The van der Waals surface area contributed by atoms with Crippen LogP contribution in [0.5, 0.6) is 0 Å². The van der Waals surface area contributed by atoms with Crippen molar-refractivity contribution in [3.63, 3.8) is 0 Å². The molecule has 0 bridgehead atoms. The van der Waals surface area contributed by atoms with Gasteiger partial charge in [-0.25, -0.2) is 14.2 Å². The summed E-state index contributed by atoms with van der Waals surface area (Å²) < 4.78 is 45.1. The number of nitrogen functional groups attached to an aromatic ring is 1. The van der Waals surface area contributed by atoms with Crippen molar-refractivity contribution in [2.24, 2.45) is 0 Å². The number of rotatable bonds is 5. The Kier molecular flexibility index (Phi) is 5.55. The molecule has 198 valence electrons. The van der Waals surface area contributed by atoms with E-state index in [1.165, 1.54) is 18.3 Å². The molecule has 3 aliphatic rings. The monoisotopic (exact) mass is 522 g/mol. The first-order valence-corrected chi connectivity index (χ1v) is 12.8. The van der Waals surface area contributed by atoms with Gasteiger partial charge in [-0.2, -0.15) is 13.9 Å². The van der Waals surface area contributed by atoms with E-state index in [0.717, 1.165) is 25.0 Å². The number of pyridine rings is 1. The maximum Gasteiger partial charge on any atom is 0.318 e. The number of nitrogens with two attached hydrogens (primary N) is 1. The smallest absolute Gasteiger partial charge is 0.318 e. The third-order valence-electron chi connectivity index (χ3n) is 8.54. The Morgan fingerprint density at radius 1 is 1.16 bits per heavy atom. The predicted octanol–water partition coefficient (Wildman–Crippen LogP) is 5.08. The maximum absolute atomic E-state index is 14.6. The van der Waals surface area contributed by atoms with E-state index in [1.54, 1.807) is 23.1 Å². The van der Waals surface area contributed by atoms with Gasteiger partial charge in [-0.3, -0.25) is 4.68 Å². The molecule has 6 rings (SSSR count). The molecular formula is C28H29F3N6O. The Morgan fingerprint density at radius 2 is 1.92 bits per heavy atom. The van der Waals surface area contributed by atoms with Crippen LogP contribution < -0.4 is 11.1 Å². The van der Waals surface area contributed by atoms with Gasteiger partial charge in [0, 0.05) is 48.1 Å². The normalized spacial score (nSPS) is 21.8. The van der Waals surface area contributed by atoms with Crippen LogP contribution in [0.3, 0.4) is 0 Å². The Hall–Kier alpha value is -3.82. The summed E-state index contributed by atoms with van der Waals surface area (Å²) >= 11 is 0. The largest absolute Gasteiger partial charge is 0.383 e. The number of nitrogens with zero attached hydrogens (tertiary/aromatic N) is 4. The molecule has 1 atom stereocenters. The highest BCUT2D eigenvalue weighted by Gasteiger charge is 2.49. The van der Waals surface area contributed by atoms with E-state index in [1.807, 2.05) is 10.7 Å². The molecule has 1 saturated carbocycles. The molecule has 3 aromatic rings. The second-order valence-corrected chi connectivity index (χ2v) is 10.7. The molecule has 1 spiro atoms. The summed E-state index contributed by atoms with van der Waals surface area (Å²) in [5, 5.41) is 7.81. The fourth-order valence-electron chi connectivity index (χ4n) is 6.18. The lowest BCUT2D eigenvalue weighted by molar-refractivity contribution is 0.0531. The molecule has 2 fully saturated rings. The zero-order valence-corrected chi connectivity index (χ0v) is 20.9. The number of allylic oxidation sites excluding steroid dienone is 1. The minimum atomic E-state index is -3.31. The van der Waals surface area contributed by atoms with Crippen molar-refractivity contribution in [2.45, 2.75) is 55.5 Å². The Labute approximate surface area is 218 Å². The van der Waals surface area contributed by atoms with Crippen LogP contribution in [0.25, 0.3) is 11.3 Å². The number of amides is 2. The highest BCUT2D eigenvalue weighted by molar-refractivity contribution is 5.76. The van der Waals surface area contributed by atoms with Crippen molar-refractivity contribution in [3.8, 4) is 11.3 Å². The molecule has 0 radical (unpaired) electrons. The average Bonchev–Trinajstić information content (AvgIpc) is 3.59. The van der Waals surface area contributed by atoms with Crippen molar-refractivity contribution < 1.29 is 18.0 Å². The van der Waals surface area contributed by atoms with E-state index in [0.29, 0.717) is 55.4 Å². The summed E-state index contributed by atoms with van der Waals surface area (Å²) in [4.78, 5) is 19.2. The second kappa shape index (κ2) is 8.61. The van der Waals surface area contributed by atoms with Crippen molar-refractivity contribution in [2.75, 3.05) is 18.8 Å². The number of carbonyl (C=O) groups excluding carboxylic acids is 1. The van der Waals surface area contributed by atoms with E-state index in [2.05, 4.69) is 22.0 Å². The van der Waals surface area contributed by atoms with Crippen LogP contribution in [0.15, 0.2) is 55.3 Å². The molecular weight excluding hydrogens is 493 g/mol. The van der Waals surface area contributed by atoms with Gasteiger partial charge in [-0.1, -0.05) is 24.8 Å². The van der Waals surface area contributed by atoms with Crippen molar-refractivity contribution in [3.05, 3.63) is 77.9 Å². The number of urea groups is 1. The number of aromatic nitrogens is 3. The topological polar surface area (TPSA) is 89.1 Å². The predicted molar refractivity (Wildman–Crippen MR) is 137 cm³/mol. The number of carbonyl (C=O) groups is 1. The summed E-state index contributed by atoms with van der Waals surface area (Å²) in [5.41, 5.74) is 6.85. The van der Waals surface area contributed by atoms with Crippen LogP contribution in [-0.2, 0) is 23.4 Å². The number of likely N-dealkylation sites (tertiary alicyclic amines) is 1. The highest BCUT2D eigenvalue weighted by atomic mass is 19.3. The third kappa shape index (κ3) is 3.76. The van der Waals surface area contributed by atoms with Gasteiger partial charge >= 0.3 is 6.03 Å². The lowest BCUT2D eigenvalue weighted by atomic mass is 9.71. The summed E-state index contributed by atoms with van der Waals surface area (Å²) in [6.07, 6.45) is 5.92. The molecule has 38 heavy (non-hydrogen) atoms. The number of anilines is 1. The number of alkyl halides is 2. The van der Waals surface area contributed by atoms with Gasteiger partial charge in [0.1, 0.15) is 11.6 Å². The first kappa shape index (κ1) is 24.5. The van der Waals surface area contributed by atoms with E-state index >= 15 is 0 Å². The Bertz CT molecular complexity index is 1430. The van der Waals surface area contributed by atoms with Crippen LogP contribution in [-0.4, -0.2) is 38.8 Å². The molecule has 1 aromatic carbocycles. The van der Waals surface area contributed by atoms with Crippen molar-refractivity contribution >= 4 is 11.8 Å². The molecule has 1 saturated heterocycles. The third-order valence-corrected chi connectivity index (χ3v) is 8.54. The van der Waals surface area contributed by atoms with Crippen LogP contribution in [0.1, 0.15) is 48.9 Å². The van der Waals surface area contributed by atoms with Crippen LogP contribution in [0.4, 0.5) is 23.8 Å². The van der Waals surface area contributed by atoms with E-state index in [4.69, 9.17) is 5.73 Å². The number of benzene rings is 1. The van der Waals surface area contributed by atoms with Crippen molar-refractivity contribution in [1.82, 2.24) is 25.0 Å². The van der Waals surface area contributed by atoms with E-state index in [-0.39, 0.29) is 23.1 Å². The van der Waals surface area contributed by atoms with Gasteiger partial charge in [0.15, 0.2) is 0 Å². The Morgan fingerprint density at radius 3 is 2.63 bits per heavy atom. The first-order valence-electron chi connectivity index (χ1n) is 12.8. The summed E-state index contributed by atoms with van der Waals surface area (Å²) in [6.45, 7) is 4.95. The molecule has 7 nitrogen and oxygen atoms in total. The summed E-state index contributed by atoms with van der Waals surface area (Å²) in [5.74, 6) is -3.86. The lowest BCUT2D eigenvalue weighted by Crippen LogP contribution is -2.55. The zero-order valence-electron chi connectivity index (χ0n) is 20.9. The van der Waals surface area contributed by atoms with E-state index < -0.39 is 17.0 Å². The molecule has 2 amide bonds.